The number of hydrogen-bond acceptors (Lipinski definition) is 3. The topological polar surface area (TPSA) is 58.2 Å². The lowest BCUT2D eigenvalue weighted by atomic mass is 10.0. The Morgan fingerprint density at radius 3 is 2.41 bits per heavy atom. The Morgan fingerprint density at radius 1 is 1.06 bits per heavy atom. The summed E-state index contributed by atoms with van der Waals surface area (Å²) in [5, 5.41) is 3.31. The first kappa shape index (κ1) is 13.3. The number of rotatable bonds is 5. The maximum atomic E-state index is 11.9. The van der Waals surface area contributed by atoms with Crippen LogP contribution in [0.3, 0.4) is 0 Å². The second kappa shape index (κ2) is 6.16. The highest BCUT2D eigenvalue weighted by Crippen LogP contribution is 2.25. The number of sulfonamides is 1. The van der Waals surface area contributed by atoms with Crippen LogP contribution in [0.2, 0.25) is 0 Å². The van der Waals surface area contributed by atoms with E-state index in [4.69, 9.17) is 0 Å². The van der Waals surface area contributed by atoms with Gasteiger partial charge in [0.2, 0.25) is 10.0 Å². The molecule has 1 aliphatic carbocycles. The first-order chi connectivity index (χ1) is 8.16. The standard InChI is InChI=1S/C12H24N2O2S/c15-17(16,10-11-4-1-2-5-11)14-9-12-6-3-7-13-8-12/h11-14H,1-10H2. The van der Waals surface area contributed by atoms with Crippen LogP contribution in [0.5, 0.6) is 0 Å². The van der Waals surface area contributed by atoms with Crippen LogP contribution in [0.15, 0.2) is 0 Å². The molecule has 0 spiro atoms. The maximum Gasteiger partial charge on any atom is 0.211 e. The first-order valence-electron chi connectivity index (χ1n) is 6.84. The molecule has 2 N–H and O–H groups in total. The van der Waals surface area contributed by atoms with E-state index in [1.54, 1.807) is 0 Å². The van der Waals surface area contributed by atoms with Gasteiger partial charge in [-0.15, -0.1) is 0 Å². The molecule has 100 valence electrons. The summed E-state index contributed by atoms with van der Waals surface area (Å²) >= 11 is 0. The summed E-state index contributed by atoms with van der Waals surface area (Å²) in [5.74, 6) is 1.21. The van der Waals surface area contributed by atoms with Gasteiger partial charge in [-0.2, -0.15) is 0 Å². The van der Waals surface area contributed by atoms with E-state index >= 15 is 0 Å². The molecular weight excluding hydrogens is 236 g/mol. The molecule has 0 bridgehead atoms. The molecule has 2 fully saturated rings. The molecular formula is C12H24N2O2S. The van der Waals surface area contributed by atoms with Crippen LogP contribution < -0.4 is 10.0 Å². The Kier molecular flexibility index (Phi) is 4.82. The molecule has 1 saturated carbocycles. The van der Waals surface area contributed by atoms with Crippen molar-refractivity contribution < 1.29 is 8.42 Å². The average Bonchev–Trinajstić information content (AvgIpc) is 2.80. The molecule has 1 heterocycles. The predicted molar refractivity (Wildman–Crippen MR) is 69.3 cm³/mol. The van der Waals surface area contributed by atoms with Gasteiger partial charge >= 0.3 is 0 Å². The van der Waals surface area contributed by atoms with Crippen molar-refractivity contribution in [3.05, 3.63) is 0 Å². The molecule has 0 amide bonds. The van der Waals surface area contributed by atoms with E-state index in [9.17, 15) is 8.42 Å². The smallest absolute Gasteiger partial charge is 0.211 e. The van der Waals surface area contributed by atoms with Crippen molar-refractivity contribution >= 4 is 10.0 Å². The number of piperidine rings is 1. The fraction of sp³-hybridized carbons (Fsp3) is 1.00. The zero-order valence-electron chi connectivity index (χ0n) is 10.5. The molecule has 4 nitrogen and oxygen atoms in total. The van der Waals surface area contributed by atoms with Gasteiger partial charge in [0.25, 0.3) is 0 Å². The van der Waals surface area contributed by atoms with Gasteiger partial charge in [0.1, 0.15) is 0 Å². The SMILES string of the molecule is O=S(=O)(CC1CCCC1)NCC1CCCNC1. The zero-order valence-corrected chi connectivity index (χ0v) is 11.3. The minimum atomic E-state index is -3.04. The Balaban J connectivity index is 1.72. The summed E-state index contributed by atoms with van der Waals surface area (Å²) in [7, 11) is -3.04. The molecule has 5 heteroatoms. The molecule has 0 aromatic rings. The van der Waals surface area contributed by atoms with Crippen molar-refractivity contribution in [2.45, 2.75) is 38.5 Å². The Bertz CT molecular complexity index is 317. The van der Waals surface area contributed by atoms with Crippen molar-refractivity contribution in [2.75, 3.05) is 25.4 Å². The van der Waals surface area contributed by atoms with E-state index in [0.717, 1.165) is 38.8 Å². The third kappa shape index (κ3) is 4.56. The van der Waals surface area contributed by atoms with Gasteiger partial charge in [-0.25, -0.2) is 13.1 Å². The third-order valence-electron chi connectivity index (χ3n) is 3.92. The molecule has 17 heavy (non-hydrogen) atoms. The zero-order chi connectivity index (χ0) is 12.1. The van der Waals surface area contributed by atoms with Gasteiger partial charge in [0, 0.05) is 6.54 Å². The van der Waals surface area contributed by atoms with Gasteiger partial charge in [-0.1, -0.05) is 12.8 Å². The van der Waals surface area contributed by atoms with Crippen LogP contribution >= 0.6 is 0 Å². The Labute approximate surface area is 105 Å². The highest BCUT2D eigenvalue weighted by molar-refractivity contribution is 7.89. The Morgan fingerprint density at radius 2 is 1.76 bits per heavy atom. The molecule has 2 aliphatic rings. The molecule has 1 atom stereocenters. The van der Waals surface area contributed by atoms with Crippen molar-refractivity contribution in [3.63, 3.8) is 0 Å². The highest BCUT2D eigenvalue weighted by atomic mass is 32.2. The lowest BCUT2D eigenvalue weighted by molar-refractivity contribution is 0.375. The molecule has 2 rings (SSSR count). The minimum absolute atomic E-state index is 0.340. The van der Waals surface area contributed by atoms with Gasteiger partial charge in [-0.3, -0.25) is 0 Å². The van der Waals surface area contributed by atoms with E-state index in [1.165, 1.54) is 12.8 Å². The monoisotopic (exact) mass is 260 g/mol. The largest absolute Gasteiger partial charge is 0.316 e. The van der Waals surface area contributed by atoms with Crippen LogP contribution in [-0.4, -0.2) is 33.8 Å². The van der Waals surface area contributed by atoms with Crippen LogP contribution in [-0.2, 0) is 10.0 Å². The summed E-state index contributed by atoms with van der Waals surface area (Å²) in [5.41, 5.74) is 0. The summed E-state index contributed by atoms with van der Waals surface area (Å²) in [4.78, 5) is 0. The summed E-state index contributed by atoms with van der Waals surface area (Å²) < 4.78 is 26.6. The number of nitrogens with one attached hydrogen (secondary N) is 2. The van der Waals surface area contributed by atoms with Crippen molar-refractivity contribution in [3.8, 4) is 0 Å². The molecule has 1 aliphatic heterocycles. The van der Waals surface area contributed by atoms with E-state index in [1.807, 2.05) is 0 Å². The fourth-order valence-corrected chi connectivity index (χ4v) is 4.45. The van der Waals surface area contributed by atoms with Crippen LogP contribution in [0.1, 0.15) is 38.5 Å². The molecule has 0 radical (unpaired) electrons. The summed E-state index contributed by atoms with van der Waals surface area (Å²) in [6.45, 7) is 2.64. The van der Waals surface area contributed by atoms with Crippen LogP contribution in [0, 0.1) is 11.8 Å². The maximum absolute atomic E-state index is 11.9. The predicted octanol–water partition coefficient (Wildman–Crippen LogP) is 1.10. The van der Waals surface area contributed by atoms with Gasteiger partial charge in [-0.05, 0) is 50.6 Å². The summed E-state index contributed by atoms with van der Waals surface area (Å²) in [6.07, 6.45) is 6.88. The van der Waals surface area contributed by atoms with Crippen LogP contribution in [0.25, 0.3) is 0 Å². The number of hydrogen-bond donors (Lipinski definition) is 2. The molecule has 0 aromatic heterocycles. The third-order valence-corrected chi connectivity index (χ3v) is 5.44. The molecule has 1 saturated heterocycles. The van der Waals surface area contributed by atoms with E-state index in [-0.39, 0.29) is 0 Å². The second-order valence-corrected chi connectivity index (χ2v) is 7.34. The Hall–Kier alpha value is -0.130. The molecule has 1 unspecified atom stereocenters. The van der Waals surface area contributed by atoms with Crippen molar-refractivity contribution in [1.29, 1.82) is 0 Å². The highest BCUT2D eigenvalue weighted by Gasteiger charge is 2.23. The van der Waals surface area contributed by atoms with E-state index < -0.39 is 10.0 Å². The normalized spacial score (nSPS) is 27.4. The lowest BCUT2D eigenvalue weighted by Crippen LogP contribution is -2.39. The van der Waals surface area contributed by atoms with Crippen molar-refractivity contribution in [2.24, 2.45) is 11.8 Å². The molecule has 0 aromatic carbocycles. The average molecular weight is 260 g/mol. The van der Waals surface area contributed by atoms with Gasteiger partial charge in [0.05, 0.1) is 5.75 Å². The first-order valence-corrected chi connectivity index (χ1v) is 8.49. The van der Waals surface area contributed by atoms with Gasteiger partial charge in [0.15, 0.2) is 0 Å². The van der Waals surface area contributed by atoms with Crippen LogP contribution in [0.4, 0.5) is 0 Å². The van der Waals surface area contributed by atoms with E-state index in [2.05, 4.69) is 10.0 Å². The fourth-order valence-electron chi connectivity index (χ4n) is 2.89. The van der Waals surface area contributed by atoms with E-state index in [0.29, 0.717) is 24.1 Å². The van der Waals surface area contributed by atoms with Gasteiger partial charge < -0.3 is 5.32 Å². The second-order valence-electron chi connectivity index (χ2n) is 5.49. The minimum Gasteiger partial charge on any atom is -0.316 e. The summed E-state index contributed by atoms with van der Waals surface area (Å²) in [6, 6.07) is 0. The quantitative estimate of drug-likeness (QED) is 0.778. The lowest BCUT2D eigenvalue weighted by Gasteiger charge is -2.23. The van der Waals surface area contributed by atoms with Crippen molar-refractivity contribution in [1.82, 2.24) is 10.0 Å².